The summed E-state index contributed by atoms with van der Waals surface area (Å²) in [5.41, 5.74) is 1.05. The Morgan fingerprint density at radius 2 is 2.24 bits per heavy atom. The van der Waals surface area contributed by atoms with Gasteiger partial charge in [0.2, 0.25) is 11.9 Å². The van der Waals surface area contributed by atoms with Crippen LogP contribution < -0.4 is 15.5 Å². The highest BCUT2D eigenvalue weighted by Crippen LogP contribution is 2.08. The van der Waals surface area contributed by atoms with Crippen LogP contribution in [0, 0.1) is 0 Å². The second kappa shape index (κ2) is 5.58. The van der Waals surface area contributed by atoms with E-state index in [1.807, 2.05) is 4.90 Å². The van der Waals surface area contributed by atoms with Gasteiger partial charge in [-0.05, 0) is 6.54 Å². The van der Waals surface area contributed by atoms with Crippen molar-refractivity contribution in [1.82, 2.24) is 20.6 Å². The number of carbonyl (C=O) groups excluding carboxylic acids is 1. The maximum atomic E-state index is 11.2. The lowest BCUT2D eigenvalue weighted by atomic mass is 10.3. The Kier molecular flexibility index (Phi) is 3.87. The van der Waals surface area contributed by atoms with Gasteiger partial charge in [0.05, 0.1) is 6.54 Å². The molecule has 6 nitrogen and oxygen atoms in total. The second-order valence-corrected chi connectivity index (χ2v) is 3.94. The van der Waals surface area contributed by atoms with Gasteiger partial charge in [0, 0.05) is 37.6 Å². The molecule has 2 N–H and O–H groups in total. The van der Waals surface area contributed by atoms with E-state index in [1.165, 1.54) is 0 Å². The van der Waals surface area contributed by atoms with E-state index in [2.05, 4.69) is 27.5 Å². The summed E-state index contributed by atoms with van der Waals surface area (Å²) in [7, 11) is 0. The van der Waals surface area contributed by atoms with Crippen molar-refractivity contribution >= 4 is 11.9 Å². The molecule has 0 unspecified atom stereocenters. The number of rotatable bonds is 4. The summed E-state index contributed by atoms with van der Waals surface area (Å²) in [5.74, 6) is 0.650. The van der Waals surface area contributed by atoms with Gasteiger partial charge in [0.25, 0.3) is 0 Å². The van der Waals surface area contributed by atoms with E-state index < -0.39 is 0 Å². The number of nitrogens with one attached hydrogen (secondary N) is 2. The highest BCUT2D eigenvalue weighted by atomic mass is 16.2. The molecule has 0 aliphatic carbocycles. The molecular weight excluding hydrogens is 218 g/mol. The fourth-order valence-electron chi connectivity index (χ4n) is 1.68. The van der Waals surface area contributed by atoms with E-state index in [1.54, 1.807) is 12.4 Å². The van der Waals surface area contributed by atoms with E-state index in [0.717, 1.165) is 25.2 Å². The predicted molar refractivity (Wildman–Crippen MR) is 64.6 cm³/mol. The topological polar surface area (TPSA) is 70.2 Å². The molecule has 1 amide bonds. The Balaban J connectivity index is 1.99. The van der Waals surface area contributed by atoms with Gasteiger partial charge in [-0.1, -0.05) is 6.92 Å². The number of amides is 1. The van der Waals surface area contributed by atoms with Crippen molar-refractivity contribution in [2.75, 3.05) is 31.1 Å². The average molecular weight is 235 g/mol. The van der Waals surface area contributed by atoms with Crippen LogP contribution in [-0.2, 0) is 11.3 Å². The van der Waals surface area contributed by atoms with Crippen molar-refractivity contribution in [3.63, 3.8) is 0 Å². The van der Waals surface area contributed by atoms with Gasteiger partial charge in [-0.15, -0.1) is 0 Å². The van der Waals surface area contributed by atoms with Gasteiger partial charge in [0.15, 0.2) is 0 Å². The first-order valence-corrected chi connectivity index (χ1v) is 5.83. The molecule has 2 rings (SSSR count). The maximum Gasteiger partial charge on any atom is 0.239 e. The number of hydrogen-bond donors (Lipinski definition) is 2. The summed E-state index contributed by atoms with van der Waals surface area (Å²) in [6, 6.07) is 0. The number of nitrogens with zero attached hydrogens (tertiary/aromatic N) is 3. The van der Waals surface area contributed by atoms with E-state index in [4.69, 9.17) is 0 Å². The molecule has 0 aromatic carbocycles. The zero-order valence-corrected chi connectivity index (χ0v) is 9.94. The Morgan fingerprint density at radius 1 is 1.47 bits per heavy atom. The molecule has 1 saturated heterocycles. The minimum absolute atomic E-state index is 0.0246. The summed E-state index contributed by atoms with van der Waals surface area (Å²) in [6.07, 6.45) is 3.61. The molecule has 0 atom stereocenters. The third-order valence-corrected chi connectivity index (χ3v) is 2.59. The first-order valence-electron chi connectivity index (χ1n) is 5.83. The highest BCUT2D eigenvalue weighted by molar-refractivity contribution is 5.81. The monoisotopic (exact) mass is 235 g/mol. The van der Waals surface area contributed by atoms with E-state index in [-0.39, 0.29) is 5.91 Å². The fourth-order valence-corrected chi connectivity index (χ4v) is 1.68. The van der Waals surface area contributed by atoms with Crippen LogP contribution in [0.4, 0.5) is 5.95 Å². The predicted octanol–water partition coefficient (Wildman–Crippen LogP) is -0.478. The average Bonchev–Trinajstić information content (AvgIpc) is 2.37. The second-order valence-electron chi connectivity index (χ2n) is 3.94. The van der Waals surface area contributed by atoms with Crippen molar-refractivity contribution in [3.8, 4) is 0 Å². The van der Waals surface area contributed by atoms with Crippen LogP contribution in [0.2, 0.25) is 0 Å². The van der Waals surface area contributed by atoms with E-state index >= 15 is 0 Å². The van der Waals surface area contributed by atoms with Crippen molar-refractivity contribution in [2.45, 2.75) is 13.5 Å². The van der Waals surface area contributed by atoms with Crippen LogP contribution in [0.25, 0.3) is 0 Å². The smallest absolute Gasteiger partial charge is 0.239 e. The largest absolute Gasteiger partial charge is 0.353 e. The Morgan fingerprint density at radius 3 is 2.88 bits per heavy atom. The SMILES string of the molecule is CCNCc1cnc(N2CCNC(=O)C2)nc1. The van der Waals surface area contributed by atoms with Crippen LogP contribution in [-0.4, -0.2) is 42.1 Å². The lowest BCUT2D eigenvalue weighted by molar-refractivity contribution is -0.120. The van der Waals surface area contributed by atoms with Gasteiger partial charge < -0.3 is 15.5 Å². The van der Waals surface area contributed by atoms with E-state index in [9.17, 15) is 4.79 Å². The normalized spacial score (nSPS) is 15.8. The number of carbonyl (C=O) groups is 1. The van der Waals surface area contributed by atoms with Gasteiger partial charge in [-0.3, -0.25) is 4.79 Å². The molecule has 1 aliphatic heterocycles. The molecule has 1 aromatic rings. The molecule has 0 bridgehead atoms. The molecule has 0 saturated carbocycles. The summed E-state index contributed by atoms with van der Waals surface area (Å²) >= 11 is 0. The van der Waals surface area contributed by atoms with E-state index in [0.29, 0.717) is 19.0 Å². The minimum atomic E-state index is 0.0246. The van der Waals surface area contributed by atoms with Gasteiger partial charge in [-0.2, -0.15) is 0 Å². The summed E-state index contributed by atoms with van der Waals surface area (Å²) in [4.78, 5) is 21.7. The number of hydrogen-bond acceptors (Lipinski definition) is 5. The lowest BCUT2D eigenvalue weighted by Gasteiger charge is -2.26. The van der Waals surface area contributed by atoms with Crippen LogP contribution >= 0.6 is 0 Å². The zero-order valence-electron chi connectivity index (χ0n) is 9.94. The number of aromatic nitrogens is 2. The molecule has 0 radical (unpaired) electrons. The van der Waals surface area contributed by atoms with Crippen molar-refractivity contribution in [2.24, 2.45) is 0 Å². The van der Waals surface area contributed by atoms with Crippen LogP contribution in [0.15, 0.2) is 12.4 Å². The van der Waals surface area contributed by atoms with Crippen molar-refractivity contribution in [3.05, 3.63) is 18.0 Å². The maximum absolute atomic E-state index is 11.2. The molecule has 92 valence electrons. The molecule has 1 fully saturated rings. The number of anilines is 1. The summed E-state index contributed by atoms with van der Waals surface area (Å²) in [5, 5.41) is 5.99. The third kappa shape index (κ3) is 3.13. The molecule has 17 heavy (non-hydrogen) atoms. The Hall–Kier alpha value is -1.69. The van der Waals surface area contributed by atoms with Crippen LogP contribution in [0.1, 0.15) is 12.5 Å². The molecule has 0 spiro atoms. The van der Waals surface area contributed by atoms with Gasteiger partial charge in [0.1, 0.15) is 0 Å². The van der Waals surface area contributed by atoms with Gasteiger partial charge >= 0.3 is 0 Å². The standard InChI is InChI=1S/C11H17N5O/c1-2-12-5-9-6-14-11(15-7-9)16-4-3-13-10(17)8-16/h6-7,12H,2-5,8H2,1H3,(H,13,17). The summed E-state index contributed by atoms with van der Waals surface area (Å²) < 4.78 is 0. The molecular formula is C11H17N5O. The third-order valence-electron chi connectivity index (χ3n) is 2.59. The first-order chi connectivity index (χ1) is 8.29. The quantitative estimate of drug-likeness (QED) is 0.738. The zero-order chi connectivity index (χ0) is 12.1. The molecule has 1 aliphatic rings. The van der Waals surface area contributed by atoms with Crippen LogP contribution in [0.5, 0.6) is 0 Å². The highest BCUT2D eigenvalue weighted by Gasteiger charge is 2.18. The molecule has 6 heteroatoms. The molecule has 1 aromatic heterocycles. The van der Waals surface area contributed by atoms with Crippen LogP contribution in [0.3, 0.4) is 0 Å². The Labute approximate surface area is 100 Å². The van der Waals surface area contributed by atoms with Crippen molar-refractivity contribution in [1.29, 1.82) is 0 Å². The fraction of sp³-hybridized carbons (Fsp3) is 0.545. The lowest BCUT2D eigenvalue weighted by Crippen LogP contribution is -2.48. The minimum Gasteiger partial charge on any atom is -0.353 e. The Bertz CT molecular complexity index is 378. The number of piperazine rings is 1. The van der Waals surface area contributed by atoms with Gasteiger partial charge in [-0.25, -0.2) is 9.97 Å². The van der Waals surface area contributed by atoms with Crippen molar-refractivity contribution < 1.29 is 4.79 Å². The molecule has 2 heterocycles. The first kappa shape index (κ1) is 11.8. The summed E-state index contributed by atoms with van der Waals surface area (Å²) in [6.45, 7) is 5.51.